The molecule has 0 amide bonds. The van der Waals surface area contributed by atoms with Crippen molar-refractivity contribution >= 4 is 25.0 Å². The van der Waals surface area contributed by atoms with Gasteiger partial charge >= 0.3 is 29.6 Å². The first-order chi connectivity index (χ1) is 4.33. The quantitative estimate of drug-likeness (QED) is 0.584. The summed E-state index contributed by atoms with van der Waals surface area (Å²) in [6, 6.07) is 6.65. The minimum Gasteiger partial charge on any atom is -0.872 e. The van der Waals surface area contributed by atoms with Gasteiger partial charge in [-0.3, -0.25) is 0 Å². The molecule has 0 unspecified atom stereocenters. The van der Waals surface area contributed by atoms with Crippen molar-refractivity contribution < 1.29 is 34.7 Å². The summed E-state index contributed by atoms with van der Waals surface area (Å²) >= 11 is 3.20. The monoisotopic (exact) mass is 226 g/mol. The molecule has 0 N–H and O–H groups in total. The van der Waals surface area contributed by atoms with E-state index < -0.39 is 0 Å². The first kappa shape index (κ1) is 10.8. The van der Waals surface area contributed by atoms with Gasteiger partial charge in [-0.1, -0.05) is 12.1 Å². The molecule has 0 bridgehead atoms. The largest absolute Gasteiger partial charge is 1.00 e. The Kier molecular flexibility index (Phi) is 5.96. The van der Waals surface area contributed by atoms with Gasteiger partial charge in [0.15, 0.2) is 0 Å². The fourth-order valence-electron chi connectivity index (χ4n) is 0.491. The molecule has 1 aromatic carbocycles. The molecular weight excluding hydrogens is 223 g/mol. The fraction of sp³-hybridized carbons (Fsp3) is 0. The molecule has 0 aromatic heterocycles. The fourth-order valence-corrected chi connectivity index (χ4v) is 1.38. The van der Waals surface area contributed by atoms with E-state index in [4.69, 9.17) is 0 Å². The number of benzene rings is 1. The minimum atomic E-state index is 0. The smallest absolute Gasteiger partial charge is 0.872 e. The van der Waals surface area contributed by atoms with Gasteiger partial charge in [-0.15, -0.1) is 5.75 Å². The summed E-state index contributed by atoms with van der Waals surface area (Å²) in [5, 5.41) is 10.5. The van der Waals surface area contributed by atoms with Crippen molar-refractivity contribution in [3.05, 3.63) is 24.3 Å². The summed E-state index contributed by atoms with van der Waals surface area (Å²) in [5.41, 5.74) is 0. The van der Waals surface area contributed by atoms with Crippen molar-refractivity contribution in [3.8, 4) is 5.75 Å². The normalized spacial score (nSPS) is 8.50. The van der Waals surface area contributed by atoms with Crippen LogP contribution in [-0.4, -0.2) is 0 Å². The van der Waals surface area contributed by atoms with Gasteiger partial charge in [-0.05, 0) is 37.1 Å². The SMILES string of the molecule is [Na+].[O-]c1ccc(SBr)cc1. The third kappa shape index (κ3) is 3.30. The number of rotatable bonds is 1. The number of hydrogen-bond donors (Lipinski definition) is 0. The molecule has 48 valence electrons. The average Bonchev–Trinajstić information content (AvgIpc) is 1.90. The van der Waals surface area contributed by atoms with E-state index in [0.29, 0.717) is 0 Å². The topological polar surface area (TPSA) is 23.1 Å². The van der Waals surface area contributed by atoms with E-state index >= 15 is 0 Å². The van der Waals surface area contributed by atoms with Crippen LogP contribution in [0, 0.1) is 0 Å². The van der Waals surface area contributed by atoms with E-state index in [1.807, 2.05) is 0 Å². The van der Waals surface area contributed by atoms with Gasteiger partial charge in [0.1, 0.15) is 0 Å². The Balaban J connectivity index is 0.000000810. The average molecular weight is 227 g/mol. The standard InChI is InChI=1S/C6H5BrOS.Na/c7-9-6-3-1-5(8)2-4-6;/h1-4,8H;/q;+1/p-1. The molecule has 0 spiro atoms. The summed E-state index contributed by atoms with van der Waals surface area (Å²) in [6.07, 6.45) is 0. The first-order valence-corrected chi connectivity index (χ1v) is 5.04. The zero-order valence-electron chi connectivity index (χ0n) is 5.50. The van der Waals surface area contributed by atoms with Crippen molar-refractivity contribution in [3.63, 3.8) is 0 Å². The van der Waals surface area contributed by atoms with E-state index in [1.54, 1.807) is 24.3 Å². The molecule has 4 heteroatoms. The van der Waals surface area contributed by atoms with Crippen LogP contribution in [0.15, 0.2) is 29.2 Å². The maximum Gasteiger partial charge on any atom is 1.00 e. The van der Waals surface area contributed by atoms with Crippen molar-refractivity contribution in [2.75, 3.05) is 0 Å². The van der Waals surface area contributed by atoms with Gasteiger partial charge in [0.05, 0.1) is 0 Å². The van der Waals surface area contributed by atoms with Crippen molar-refractivity contribution in [1.82, 2.24) is 0 Å². The van der Waals surface area contributed by atoms with Gasteiger partial charge in [0.25, 0.3) is 0 Å². The van der Waals surface area contributed by atoms with Crippen LogP contribution >= 0.6 is 25.0 Å². The summed E-state index contributed by atoms with van der Waals surface area (Å²) in [4.78, 5) is 1.05. The molecule has 0 aliphatic carbocycles. The van der Waals surface area contributed by atoms with Gasteiger partial charge in [-0.2, -0.15) is 0 Å². The Hall–Kier alpha value is 0.850. The summed E-state index contributed by atoms with van der Waals surface area (Å²) < 4.78 is 0. The molecule has 0 aliphatic rings. The molecule has 0 radical (unpaired) electrons. The van der Waals surface area contributed by atoms with E-state index in [9.17, 15) is 5.11 Å². The number of halogens is 1. The first-order valence-electron chi connectivity index (χ1n) is 2.38. The summed E-state index contributed by atoms with van der Waals surface area (Å²) in [6.45, 7) is 0. The molecule has 1 rings (SSSR count). The minimum absolute atomic E-state index is 0. The Labute approximate surface area is 93.7 Å². The molecule has 10 heavy (non-hydrogen) atoms. The van der Waals surface area contributed by atoms with Crippen molar-refractivity contribution in [1.29, 1.82) is 0 Å². The Morgan fingerprint density at radius 1 is 1.20 bits per heavy atom. The molecular formula is C6H4BrNaOS. The van der Waals surface area contributed by atoms with Crippen LogP contribution in [0.25, 0.3) is 0 Å². The molecule has 0 aliphatic heterocycles. The third-order valence-electron chi connectivity index (χ3n) is 0.913. The Morgan fingerprint density at radius 3 is 2.10 bits per heavy atom. The number of hydrogen-bond acceptors (Lipinski definition) is 2. The third-order valence-corrected chi connectivity index (χ3v) is 2.48. The molecule has 0 heterocycles. The maximum absolute atomic E-state index is 10.5. The second kappa shape index (κ2) is 5.49. The van der Waals surface area contributed by atoms with E-state index in [-0.39, 0.29) is 35.3 Å². The predicted octanol–water partition coefficient (Wildman–Crippen LogP) is -0.834. The van der Waals surface area contributed by atoms with Crippen LogP contribution in [0.4, 0.5) is 0 Å². The molecule has 0 saturated carbocycles. The molecule has 1 nitrogen and oxygen atoms in total. The van der Waals surface area contributed by atoms with Crippen molar-refractivity contribution in [2.24, 2.45) is 0 Å². The van der Waals surface area contributed by atoms with Crippen LogP contribution in [0.5, 0.6) is 5.75 Å². The zero-order chi connectivity index (χ0) is 6.69. The van der Waals surface area contributed by atoms with E-state index in [2.05, 4.69) is 14.8 Å². The van der Waals surface area contributed by atoms with E-state index in [1.165, 1.54) is 10.2 Å². The molecule has 0 saturated heterocycles. The maximum atomic E-state index is 10.5. The zero-order valence-corrected chi connectivity index (χ0v) is 9.91. The van der Waals surface area contributed by atoms with Crippen LogP contribution in [-0.2, 0) is 0 Å². The van der Waals surface area contributed by atoms with Crippen LogP contribution in [0.1, 0.15) is 0 Å². The van der Waals surface area contributed by atoms with Crippen molar-refractivity contribution in [2.45, 2.75) is 4.90 Å². The van der Waals surface area contributed by atoms with Crippen LogP contribution < -0.4 is 34.7 Å². The molecule has 0 fully saturated rings. The predicted molar refractivity (Wildman–Crippen MR) is 40.7 cm³/mol. The Bertz CT molecular complexity index is 189. The van der Waals surface area contributed by atoms with Gasteiger partial charge in [-0.25, -0.2) is 0 Å². The van der Waals surface area contributed by atoms with E-state index in [0.717, 1.165) is 4.90 Å². The molecule has 1 aromatic rings. The second-order valence-corrected chi connectivity index (χ2v) is 3.15. The van der Waals surface area contributed by atoms with Gasteiger partial charge < -0.3 is 5.11 Å². The summed E-state index contributed by atoms with van der Waals surface area (Å²) in [5.74, 6) is 0.0558. The second-order valence-electron chi connectivity index (χ2n) is 1.55. The Morgan fingerprint density at radius 2 is 1.70 bits per heavy atom. The van der Waals surface area contributed by atoms with Gasteiger partial charge in [0.2, 0.25) is 0 Å². The van der Waals surface area contributed by atoms with Crippen LogP contribution in [0.2, 0.25) is 0 Å². The molecule has 0 atom stereocenters. The van der Waals surface area contributed by atoms with Crippen LogP contribution in [0.3, 0.4) is 0 Å². The van der Waals surface area contributed by atoms with Gasteiger partial charge in [0, 0.05) is 4.90 Å². The summed E-state index contributed by atoms with van der Waals surface area (Å²) in [7, 11) is 1.45.